The summed E-state index contributed by atoms with van der Waals surface area (Å²) in [5.74, 6) is 1.00. The van der Waals surface area contributed by atoms with Gasteiger partial charge in [-0.2, -0.15) is 4.98 Å². The fourth-order valence-corrected chi connectivity index (χ4v) is 1.41. The van der Waals surface area contributed by atoms with Crippen LogP contribution in [0.4, 0.5) is 17.5 Å². The number of anilines is 3. The summed E-state index contributed by atoms with van der Waals surface area (Å²) in [6.45, 7) is 3.93. The Balaban J connectivity index is 2.23. The minimum atomic E-state index is 0.474. The van der Waals surface area contributed by atoms with E-state index in [1.54, 1.807) is 6.07 Å². The number of nitrogens with one attached hydrogen (secondary N) is 1. The molecule has 4 heteroatoms. The zero-order chi connectivity index (χ0) is 11.5. The highest BCUT2D eigenvalue weighted by Crippen LogP contribution is 2.14. The Morgan fingerprint density at radius 1 is 1.06 bits per heavy atom. The third kappa shape index (κ3) is 2.48. The Hall–Kier alpha value is -2.10. The molecule has 0 amide bonds. The van der Waals surface area contributed by atoms with Crippen LogP contribution in [0.5, 0.6) is 0 Å². The monoisotopic (exact) mass is 214 g/mol. The van der Waals surface area contributed by atoms with Crippen LogP contribution in [-0.2, 0) is 0 Å². The van der Waals surface area contributed by atoms with Crippen molar-refractivity contribution in [3.05, 3.63) is 41.6 Å². The molecule has 0 aliphatic carbocycles. The number of aryl methyl sites for hydroxylation is 2. The molecule has 1 heterocycles. The average Bonchev–Trinajstić information content (AvgIpc) is 2.20. The zero-order valence-corrected chi connectivity index (χ0v) is 9.36. The van der Waals surface area contributed by atoms with Crippen LogP contribution >= 0.6 is 0 Å². The molecule has 0 aliphatic rings. The number of benzene rings is 1. The van der Waals surface area contributed by atoms with Gasteiger partial charge in [0, 0.05) is 17.4 Å². The third-order valence-electron chi connectivity index (χ3n) is 2.18. The molecule has 0 spiro atoms. The van der Waals surface area contributed by atoms with Crippen LogP contribution in [0.3, 0.4) is 0 Å². The molecule has 2 rings (SSSR count). The van der Waals surface area contributed by atoms with Crippen molar-refractivity contribution in [3.63, 3.8) is 0 Å². The van der Waals surface area contributed by atoms with Crippen LogP contribution in [0.2, 0.25) is 0 Å². The van der Waals surface area contributed by atoms with Crippen molar-refractivity contribution < 1.29 is 0 Å². The predicted octanol–water partition coefficient (Wildman–Crippen LogP) is 2.42. The molecule has 0 saturated heterocycles. The van der Waals surface area contributed by atoms with Gasteiger partial charge in [-0.05, 0) is 26.0 Å². The first-order valence-corrected chi connectivity index (χ1v) is 5.08. The lowest BCUT2D eigenvalue weighted by Crippen LogP contribution is -2.01. The molecule has 0 atom stereocenters. The van der Waals surface area contributed by atoms with E-state index in [0.717, 1.165) is 11.4 Å². The van der Waals surface area contributed by atoms with Crippen molar-refractivity contribution in [1.82, 2.24) is 9.97 Å². The SMILES string of the molecule is Cc1ccc(Nc2nc(C)cc(N)n2)cc1. The molecular formula is C12H14N4. The van der Waals surface area contributed by atoms with E-state index in [1.165, 1.54) is 5.56 Å². The van der Waals surface area contributed by atoms with Crippen molar-refractivity contribution >= 4 is 17.5 Å². The number of nitrogens with zero attached hydrogens (tertiary/aromatic N) is 2. The molecule has 1 aromatic heterocycles. The van der Waals surface area contributed by atoms with E-state index in [0.29, 0.717) is 11.8 Å². The second-order valence-electron chi connectivity index (χ2n) is 3.75. The number of aromatic nitrogens is 2. The van der Waals surface area contributed by atoms with Gasteiger partial charge >= 0.3 is 0 Å². The van der Waals surface area contributed by atoms with Gasteiger partial charge in [0.1, 0.15) is 5.82 Å². The number of hydrogen-bond acceptors (Lipinski definition) is 4. The first-order valence-electron chi connectivity index (χ1n) is 5.08. The van der Waals surface area contributed by atoms with E-state index < -0.39 is 0 Å². The van der Waals surface area contributed by atoms with E-state index >= 15 is 0 Å². The van der Waals surface area contributed by atoms with Crippen molar-refractivity contribution in [2.75, 3.05) is 11.1 Å². The van der Waals surface area contributed by atoms with E-state index in [4.69, 9.17) is 5.73 Å². The Labute approximate surface area is 94.5 Å². The molecule has 0 unspecified atom stereocenters. The van der Waals surface area contributed by atoms with Crippen LogP contribution in [0.15, 0.2) is 30.3 Å². The second kappa shape index (κ2) is 4.18. The summed E-state index contributed by atoms with van der Waals surface area (Å²) in [5, 5.41) is 3.11. The minimum absolute atomic E-state index is 0.474. The molecule has 1 aromatic carbocycles. The highest BCUT2D eigenvalue weighted by Gasteiger charge is 2.00. The van der Waals surface area contributed by atoms with Crippen molar-refractivity contribution in [3.8, 4) is 0 Å². The normalized spacial score (nSPS) is 10.1. The van der Waals surface area contributed by atoms with Crippen molar-refractivity contribution in [1.29, 1.82) is 0 Å². The maximum atomic E-state index is 5.65. The molecule has 2 aromatic rings. The number of nitrogen functional groups attached to an aromatic ring is 1. The van der Waals surface area contributed by atoms with Crippen LogP contribution in [-0.4, -0.2) is 9.97 Å². The van der Waals surface area contributed by atoms with Gasteiger partial charge in [-0.1, -0.05) is 17.7 Å². The lowest BCUT2D eigenvalue weighted by atomic mass is 10.2. The topological polar surface area (TPSA) is 63.8 Å². The summed E-state index contributed by atoms with van der Waals surface area (Å²) < 4.78 is 0. The van der Waals surface area contributed by atoms with E-state index in [9.17, 15) is 0 Å². The zero-order valence-electron chi connectivity index (χ0n) is 9.36. The van der Waals surface area contributed by atoms with E-state index in [2.05, 4.69) is 15.3 Å². The van der Waals surface area contributed by atoms with E-state index in [1.807, 2.05) is 38.1 Å². The highest BCUT2D eigenvalue weighted by molar-refractivity contribution is 5.55. The Kier molecular flexibility index (Phi) is 2.72. The Bertz CT molecular complexity index is 471. The molecule has 0 saturated carbocycles. The molecule has 82 valence electrons. The van der Waals surface area contributed by atoms with Crippen LogP contribution in [0, 0.1) is 13.8 Å². The smallest absolute Gasteiger partial charge is 0.229 e. The summed E-state index contributed by atoms with van der Waals surface area (Å²) >= 11 is 0. The molecule has 0 bridgehead atoms. The molecule has 3 N–H and O–H groups in total. The molecule has 4 nitrogen and oxygen atoms in total. The van der Waals surface area contributed by atoms with Gasteiger partial charge in [0.2, 0.25) is 5.95 Å². The Morgan fingerprint density at radius 3 is 2.38 bits per heavy atom. The molecule has 0 aliphatic heterocycles. The van der Waals surface area contributed by atoms with Gasteiger partial charge in [-0.15, -0.1) is 0 Å². The van der Waals surface area contributed by atoms with Gasteiger partial charge < -0.3 is 11.1 Å². The Morgan fingerprint density at radius 2 is 1.75 bits per heavy atom. The summed E-state index contributed by atoms with van der Waals surface area (Å²) in [7, 11) is 0. The lowest BCUT2D eigenvalue weighted by molar-refractivity contribution is 1.11. The highest BCUT2D eigenvalue weighted by atomic mass is 15.1. The number of hydrogen-bond donors (Lipinski definition) is 2. The lowest BCUT2D eigenvalue weighted by Gasteiger charge is -2.06. The van der Waals surface area contributed by atoms with Gasteiger partial charge in [0.05, 0.1) is 0 Å². The van der Waals surface area contributed by atoms with Gasteiger partial charge in [-0.25, -0.2) is 4.98 Å². The van der Waals surface area contributed by atoms with Crippen molar-refractivity contribution in [2.45, 2.75) is 13.8 Å². The van der Waals surface area contributed by atoms with Gasteiger partial charge in [0.25, 0.3) is 0 Å². The fourth-order valence-electron chi connectivity index (χ4n) is 1.41. The molecule has 16 heavy (non-hydrogen) atoms. The summed E-state index contributed by atoms with van der Waals surface area (Å²) in [6, 6.07) is 9.76. The average molecular weight is 214 g/mol. The van der Waals surface area contributed by atoms with E-state index in [-0.39, 0.29) is 0 Å². The van der Waals surface area contributed by atoms with Crippen molar-refractivity contribution in [2.24, 2.45) is 0 Å². The quantitative estimate of drug-likeness (QED) is 0.805. The number of nitrogens with two attached hydrogens (primary N) is 1. The summed E-state index contributed by atoms with van der Waals surface area (Å²) in [5.41, 5.74) is 8.67. The largest absolute Gasteiger partial charge is 0.384 e. The number of rotatable bonds is 2. The second-order valence-corrected chi connectivity index (χ2v) is 3.75. The first-order chi connectivity index (χ1) is 7.63. The standard InChI is InChI=1S/C12H14N4/c1-8-3-5-10(6-4-8)15-12-14-9(2)7-11(13)16-12/h3-7H,1-2H3,(H3,13,14,15,16). The first kappa shape index (κ1) is 10.4. The third-order valence-corrected chi connectivity index (χ3v) is 2.18. The van der Waals surface area contributed by atoms with Gasteiger partial charge in [0.15, 0.2) is 0 Å². The molecule has 0 radical (unpaired) electrons. The van der Waals surface area contributed by atoms with Crippen LogP contribution in [0.25, 0.3) is 0 Å². The minimum Gasteiger partial charge on any atom is -0.384 e. The fraction of sp³-hybridized carbons (Fsp3) is 0.167. The van der Waals surface area contributed by atoms with Gasteiger partial charge in [-0.3, -0.25) is 0 Å². The molecule has 0 fully saturated rings. The summed E-state index contributed by atoms with van der Waals surface area (Å²) in [6.07, 6.45) is 0. The van der Waals surface area contributed by atoms with Crippen LogP contribution < -0.4 is 11.1 Å². The van der Waals surface area contributed by atoms with Crippen LogP contribution in [0.1, 0.15) is 11.3 Å². The maximum Gasteiger partial charge on any atom is 0.229 e. The maximum absolute atomic E-state index is 5.65. The summed E-state index contributed by atoms with van der Waals surface area (Å²) in [4.78, 5) is 8.36. The molecular weight excluding hydrogens is 200 g/mol. The predicted molar refractivity (Wildman–Crippen MR) is 65.6 cm³/mol.